The van der Waals surface area contributed by atoms with Gasteiger partial charge in [-0.1, -0.05) is 12.1 Å². The molecular formula is C22H23F3N8O3S. The van der Waals surface area contributed by atoms with E-state index in [0.29, 0.717) is 16.3 Å². The maximum Gasteiger partial charge on any atom is 0.405 e. The molecule has 1 aliphatic rings. The van der Waals surface area contributed by atoms with Gasteiger partial charge in [0.05, 0.1) is 33.6 Å². The molecule has 0 saturated heterocycles. The van der Waals surface area contributed by atoms with Crippen LogP contribution < -0.4 is 10.6 Å². The maximum atomic E-state index is 12.8. The molecule has 6 N–H and O–H groups in total. The van der Waals surface area contributed by atoms with E-state index in [1.54, 1.807) is 6.92 Å². The van der Waals surface area contributed by atoms with Gasteiger partial charge in [-0.25, -0.2) is 15.0 Å². The van der Waals surface area contributed by atoms with Crippen LogP contribution in [0.1, 0.15) is 24.0 Å². The number of fused-ring (bicyclic) bond motifs is 1. The number of alkyl halides is 3. The Morgan fingerprint density at radius 3 is 2.65 bits per heavy atom. The number of nitrogens with one attached hydrogen (secondary N) is 3. The summed E-state index contributed by atoms with van der Waals surface area (Å²) in [4.78, 5) is 17.0. The van der Waals surface area contributed by atoms with Crippen LogP contribution in [0.5, 0.6) is 0 Å². The van der Waals surface area contributed by atoms with Crippen LogP contribution in [0.3, 0.4) is 0 Å². The minimum absolute atomic E-state index is 0.109. The molecule has 196 valence electrons. The third-order valence-electron chi connectivity index (χ3n) is 6.21. The van der Waals surface area contributed by atoms with E-state index >= 15 is 0 Å². The number of anilines is 2. The molecule has 1 aliphatic carbocycles. The van der Waals surface area contributed by atoms with E-state index in [2.05, 4.69) is 40.8 Å². The number of aryl methyl sites for hydroxylation is 1. The number of hydrogen-bond donors (Lipinski definition) is 6. The first-order valence-corrected chi connectivity index (χ1v) is 12.1. The molecule has 3 heterocycles. The van der Waals surface area contributed by atoms with Crippen LogP contribution >= 0.6 is 11.3 Å². The Balaban J connectivity index is 1.49. The molecule has 0 aliphatic heterocycles. The molecule has 0 spiro atoms. The number of aromatic amines is 1. The molecule has 0 amide bonds. The Kier molecular flexibility index (Phi) is 6.70. The zero-order valence-electron chi connectivity index (χ0n) is 19.3. The highest BCUT2D eigenvalue weighted by Crippen LogP contribution is 2.40. The topological polar surface area (TPSA) is 165 Å². The SMILES string of the molecule is Cc1nc(NCC(F)(F)F)nc(NC2C[C@H](C(O)c3ncn[nH]3)[C@@H](O)[C@H]2O)c1-c1nc2ccccc2s1. The number of aliphatic hydroxyl groups is 3. The highest BCUT2D eigenvalue weighted by Gasteiger charge is 2.46. The van der Waals surface area contributed by atoms with Crippen molar-refractivity contribution in [2.45, 2.75) is 43.9 Å². The molecule has 0 radical (unpaired) electrons. The molecule has 3 aromatic heterocycles. The van der Waals surface area contributed by atoms with Crippen molar-refractivity contribution in [1.82, 2.24) is 30.1 Å². The summed E-state index contributed by atoms with van der Waals surface area (Å²) in [6.45, 7) is 0.298. The van der Waals surface area contributed by atoms with Crippen molar-refractivity contribution < 1.29 is 28.5 Å². The van der Waals surface area contributed by atoms with Crippen molar-refractivity contribution in [2.24, 2.45) is 5.92 Å². The molecule has 11 nitrogen and oxygen atoms in total. The molecule has 15 heteroatoms. The quantitative estimate of drug-likeness (QED) is 0.207. The van der Waals surface area contributed by atoms with Gasteiger partial charge in [-0.2, -0.15) is 23.3 Å². The highest BCUT2D eigenvalue weighted by atomic mass is 32.1. The molecule has 2 unspecified atom stereocenters. The van der Waals surface area contributed by atoms with Gasteiger partial charge in [-0.05, 0) is 25.5 Å². The summed E-state index contributed by atoms with van der Waals surface area (Å²) in [5.41, 5.74) is 1.56. The molecule has 0 bridgehead atoms. The van der Waals surface area contributed by atoms with E-state index in [4.69, 9.17) is 0 Å². The molecule has 1 saturated carbocycles. The van der Waals surface area contributed by atoms with Crippen LogP contribution in [0.15, 0.2) is 30.6 Å². The van der Waals surface area contributed by atoms with Crippen molar-refractivity contribution in [3.63, 3.8) is 0 Å². The Morgan fingerprint density at radius 2 is 1.95 bits per heavy atom. The number of halogens is 3. The summed E-state index contributed by atoms with van der Waals surface area (Å²) < 4.78 is 39.4. The fourth-order valence-electron chi connectivity index (χ4n) is 4.43. The van der Waals surface area contributed by atoms with Crippen LogP contribution in [0.2, 0.25) is 0 Å². The lowest BCUT2D eigenvalue weighted by atomic mass is 9.97. The molecule has 1 fully saturated rings. The van der Waals surface area contributed by atoms with Gasteiger partial charge in [-0.3, -0.25) is 5.10 Å². The van der Waals surface area contributed by atoms with Crippen molar-refractivity contribution in [3.05, 3.63) is 42.1 Å². The van der Waals surface area contributed by atoms with E-state index in [-0.39, 0.29) is 24.0 Å². The maximum absolute atomic E-state index is 12.8. The summed E-state index contributed by atoms with van der Waals surface area (Å²) in [7, 11) is 0. The van der Waals surface area contributed by atoms with Gasteiger partial charge in [-0.15, -0.1) is 11.3 Å². The first kappa shape index (κ1) is 25.3. The molecule has 5 atom stereocenters. The fourth-order valence-corrected chi connectivity index (χ4v) is 5.49. The molecular weight excluding hydrogens is 513 g/mol. The van der Waals surface area contributed by atoms with Gasteiger partial charge in [0.1, 0.15) is 35.9 Å². The molecule has 37 heavy (non-hydrogen) atoms. The highest BCUT2D eigenvalue weighted by molar-refractivity contribution is 7.21. The lowest BCUT2D eigenvalue weighted by Gasteiger charge is -2.21. The second-order valence-electron chi connectivity index (χ2n) is 8.76. The zero-order valence-corrected chi connectivity index (χ0v) is 20.1. The number of thiazole rings is 1. The molecule has 4 aromatic rings. The predicted molar refractivity (Wildman–Crippen MR) is 129 cm³/mol. The van der Waals surface area contributed by atoms with Crippen LogP contribution in [-0.4, -0.2) is 76.4 Å². The number of rotatable bonds is 7. The minimum atomic E-state index is -4.48. The number of para-hydroxylation sites is 1. The van der Waals surface area contributed by atoms with Gasteiger partial charge < -0.3 is 26.0 Å². The molecule has 5 rings (SSSR count). The standard InChI is InChI=1S/C22H23F3N8O3S/c1-9-14(20-31-11-4-2-3-5-13(11)37-20)18(32-21(29-9)26-7-22(23,24)25)30-12-6-10(15(34)17(12)36)16(35)19-27-8-28-33-19/h2-5,8,10,12,15-17,34-36H,6-7H2,1H3,(H,27,28,33)(H2,26,29,30,32)/t10-,12?,15+,16?,17-/m0/s1. The lowest BCUT2D eigenvalue weighted by Crippen LogP contribution is -2.36. The smallest absolute Gasteiger partial charge is 0.390 e. The van der Waals surface area contributed by atoms with E-state index in [1.807, 2.05) is 24.3 Å². The van der Waals surface area contributed by atoms with E-state index in [1.165, 1.54) is 17.7 Å². The Hall–Kier alpha value is -3.40. The average molecular weight is 537 g/mol. The van der Waals surface area contributed by atoms with Gasteiger partial charge in [0, 0.05) is 5.92 Å². The van der Waals surface area contributed by atoms with Crippen molar-refractivity contribution in [1.29, 1.82) is 0 Å². The first-order chi connectivity index (χ1) is 17.6. The summed E-state index contributed by atoms with van der Waals surface area (Å²) in [5.74, 6) is -0.767. The summed E-state index contributed by atoms with van der Waals surface area (Å²) in [6, 6.07) is 6.65. The number of aromatic nitrogens is 6. The second kappa shape index (κ2) is 9.81. The Morgan fingerprint density at radius 1 is 1.16 bits per heavy atom. The van der Waals surface area contributed by atoms with Crippen LogP contribution in [0, 0.1) is 12.8 Å². The van der Waals surface area contributed by atoms with Crippen molar-refractivity contribution in [2.75, 3.05) is 17.2 Å². The van der Waals surface area contributed by atoms with E-state index in [0.717, 1.165) is 10.2 Å². The normalized spacial score (nSPS) is 22.9. The van der Waals surface area contributed by atoms with Crippen LogP contribution in [-0.2, 0) is 0 Å². The Labute approximate surface area is 211 Å². The number of aliphatic hydroxyl groups excluding tert-OH is 3. The van der Waals surface area contributed by atoms with E-state index in [9.17, 15) is 28.5 Å². The second-order valence-corrected chi connectivity index (χ2v) is 9.79. The van der Waals surface area contributed by atoms with Crippen LogP contribution in [0.4, 0.5) is 24.9 Å². The van der Waals surface area contributed by atoms with Gasteiger partial charge in [0.2, 0.25) is 5.95 Å². The largest absolute Gasteiger partial charge is 0.405 e. The minimum Gasteiger partial charge on any atom is -0.390 e. The summed E-state index contributed by atoms with van der Waals surface area (Å²) >= 11 is 1.36. The van der Waals surface area contributed by atoms with Crippen molar-refractivity contribution >= 4 is 33.3 Å². The Bertz CT molecular complexity index is 1350. The number of benzene rings is 1. The number of H-pyrrole nitrogens is 1. The van der Waals surface area contributed by atoms with Gasteiger partial charge >= 0.3 is 6.18 Å². The summed E-state index contributed by atoms with van der Waals surface area (Å²) in [6.07, 6.45) is -7.00. The number of nitrogens with zero attached hydrogens (tertiary/aromatic N) is 5. The third-order valence-corrected chi connectivity index (χ3v) is 7.27. The first-order valence-electron chi connectivity index (χ1n) is 11.3. The fraction of sp³-hybridized carbons (Fsp3) is 0.409. The van der Waals surface area contributed by atoms with Gasteiger partial charge in [0.15, 0.2) is 5.82 Å². The summed E-state index contributed by atoms with van der Waals surface area (Å²) in [5, 5.41) is 44.1. The predicted octanol–water partition coefficient (Wildman–Crippen LogP) is 2.41. The van der Waals surface area contributed by atoms with Crippen LogP contribution in [0.25, 0.3) is 20.8 Å². The molecule has 1 aromatic carbocycles. The van der Waals surface area contributed by atoms with Crippen molar-refractivity contribution in [3.8, 4) is 10.6 Å². The van der Waals surface area contributed by atoms with E-state index < -0.39 is 43.0 Å². The number of hydrogen-bond acceptors (Lipinski definition) is 11. The third kappa shape index (κ3) is 5.20. The monoisotopic (exact) mass is 536 g/mol. The van der Waals surface area contributed by atoms with Gasteiger partial charge in [0.25, 0.3) is 0 Å². The lowest BCUT2D eigenvalue weighted by molar-refractivity contribution is -0.115. The zero-order chi connectivity index (χ0) is 26.3. The average Bonchev–Trinajstić information content (AvgIpc) is 3.58.